The third-order valence-electron chi connectivity index (χ3n) is 3.15. The highest BCUT2D eigenvalue weighted by Crippen LogP contribution is 2.26. The summed E-state index contributed by atoms with van der Waals surface area (Å²) in [5, 5.41) is 4.80. The molecule has 0 bridgehead atoms. The summed E-state index contributed by atoms with van der Waals surface area (Å²) in [4.78, 5) is 1.20. The number of rotatable bonds is 5. The second-order valence-electron chi connectivity index (χ2n) is 5.06. The lowest BCUT2D eigenvalue weighted by Crippen LogP contribution is -2.51. The van der Waals surface area contributed by atoms with E-state index in [2.05, 4.69) is 10.0 Å². The maximum atomic E-state index is 12.5. The molecular formula is C12H20N2O3S2. The van der Waals surface area contributed by atoms with Crippen LogP contribution < -0.4 is 10.0 Å². The van der Waals surface area contributed by atoms with E-state index in [1.54, 1.807) is 18.5 Å². The fourth-order valence-electron chi connectivity index (χ4n) is 2.25. The Hall–Kier alpha value is -0.470. The molecule has 1 saturated heterocycles. The predicted octanol–water partition coefficient (Wildman–Crippen LogP) is 1.31. The van der Waals surface area contributed by atoms with Crippen LogP contribution in [-0.4, -0.2) is 34.2 Å². The molecule has 1 atom stereocenters. The van der Waals surface area contributed by atoms with Crippen molar-refractivity contribution in [3.05, 3.63) is 16.3 Å². The summed E-state index contributed by atoms with van der Waals surface area (Å²) < 4.78 is 33.1. The van der Waals surface area contributed by atoms with Crippen molar-refractivity contribution in [3.8, 4) is 0 Å². The largest absolute Gasteiger partial charge is 0.380 e. The van der Waals surface area contributed by atoms with E-state index >= 15 is 0 Å². The van der Waals surface area contributed by atoms with Crippen molar-refractivity contribution in [1.82, 2.24) is 10.0 Å². The van der Waals surface area contributed by atoms with E-state index in [9.17, 15) is 8.42 Å². The van der Waals surface area contributed by atoms with Gasteiger partial charge in [0.15, 0.2) is 0 Å². The van der Waals surface area contributed by atoms with Gasteiger partial charge < -0.3 is 10.1 Å². The molecule has 2 heterocycles. The number of nitrogens with one attached hydrogen (secondary N) is 2. The molecule has 2 rings (SSSR count). The Morgan fingerprint density at radius 1 is 1.53 bits per heavy atom. The summed E-state index contributed by atoms with van der Waals surface area (Å²) in [6.07, 6.45) is 1.68. The van der Waals surface area contributed by atoms with Crippen molar-refractivity contribution >= 4 is 21.4 Å². The average molecular weight is 304 g/mol. The zero-order valence-corrected chi connectivity index (χ0v) is 12.9. The highest BCUT2D eigenvalue weighted by atomic mass is 32.2. The topological polar surface area (TPSA) is 67.4 Å². The molecule has 2 N–H and O–H groups in total. The SMILES string of the molecule is CNCc1sccc1S(=O)(=O)NC1(C)CCCOC1. The van der Waals surface area contributed by atoms with Crippen molar-refractivity contribution < 1.29 is 13.2 Å². The van der Waals surface area contributed by atoms with E-state index in [1.165, 1.54) is 11.3 Å². The molecule has 5 nitrogen and oxygen atoms in total. The van der Waals surface area contributed by atoms with Gasteiger partial charge in [0.2, 0.25) is 10.0 Å². The molecule has 1 aromatic rings. The van der Waals surface area contributed by atoms with Gasteiger partial charge in [0.1, 0.15) is 0 Å². The van der Waals surface area contributed by atoms with Crippen LogP contribution in [0.1, 0.15) is 24.6 Å². The summed E-state index contributed by atoms with van der Waals surface area (Å²) in [6, 6.07) is 1.66. The van der Waals surface area contributed by atoms with Gasteiger partial charge in [-0.15, -0.1) is 11.3 Å². The molecule has 0 aliphatic carbocycles. The smallest absolute Gasteiger partial charge is 0.242 e. The van der Waals surface area contributed by atoms with Crippen LogP contribution in [0.15, 0.2) is 16.3 Å². The Kier molecular flexibility index (Phi) is 4.62. The van der Waals surface area contributed by atoms with E-state index in [-0.39, 0.29) is 0 Å². The minimum Gasteiger partial charge on any atom is -0.380 e. The normalized spacial score (nSPS) is 24.5. The number of hydrogen-bond acceptors (Lipinski definition) is 5. The van der Waals surface area contributed by atoms with Gasteiger partial charge in [-0.05, 0) is 38.3 Å². The molecule has 1 aromatic heterocycles. The lowest BCUT2D eigenvalue weighted by atomic mass is 9.97. The van der Waals surface area contributed by atoms with Crippen LogP contribution in [0, 0.1) is 0 Å². The fraction of sp³-hybridized carbons (Fsp3) is 0.667. The van der Waals surface area contributed by atoms with Crippen LogP contribution in [0.5, 0.6) is 0 Å². The lowest BCUT2D eigenvalue weighted by Gasteiger charge is -2.33. The van der Waals surface area contributed by atoms with Crippen molar-refractivity contribution in [2.24, 2.45) is 0 Å². The van der Waals surface area contributed by atoms with Crippen LogP contribution >= 0.6 is 11.3 Å². The summed E-state index contributed by atoms with van der Waals surface area (Å²) in [6.45, 7) is 3.59. The maximum Gasteiger partial charge on any atom is 0.242 e. The summed E-state index contributed by atoms with van der Waals surface area (Å²) >= 11 is 1.45. The van der Waals surface area contributed by atoms with E-state index < -0.39 is 15.6 Å². The Balaban J connectivity index is 2.19. The quantitative estimate of drug-likeness (QED) is 0.861. The first-order valence-electron chi connectivity index (χ1n) is 6.29. The lowest BCUT2D eigenvalue weighted by molar-refractivity contribution is 0.0386. The molecule has 0 saturated carbocycles. The molecular weight excluding hydrogens is 284 g/mol. The zero-order chi connectivity index (χ0) is 13.9. The van der Waals surface area contributed by atoms with E-state index in [0.29, 0.717) is 24.7 Å². The van der Waals surface area contributed by atoms with Crippen LogP contribution in [0.4, 0.5) is 0 Å². The number of sulfonamides is 1. The van der Waals surface area contributed by atoms with Gasteiger partial charge in [-0.2, -0.15) is 0 Å². The highest BCUT2D eigenvalue weighted by Gasteiger charge is 2.33. The summed E-state index contributed by atoms with van der Waals surface area (Å²) in [7, 11) is -1.68. The Labute approximate surface area is 118 Å². The van der Waals surface area contributed by atoms with Crippen molar-refractivity contribution in [2.75, 3.05) is 20.3 Å². The fourth-order valence-corrected chi connectivity index (χ4v) is 5.13. The second kappa shape index (κ2) is 5.88. The maximum absolute atomic E-state index is 12.5. The monoisotopic (exact) mass is 304 g/mol. The molecule has 0 radical (unpaired) electrons. The van der Waals surface area contributed by atoms with Gasteiger partial charge in [0, 0.05) is 18.0 Å². The minimum atomic E-state index is -3.49. The molecule has 108 valence electrons. The predicted molar refractivity (Wildman–Crippen MR) is 75.9 cm³/mol. The van der Waals surface area contributed by atoms with E-state index in [4.69, 9.17) is 4.74 Å². The van der Waals surface area contributed by atoms with Crippen LogP contribution in [0.2, 0.25) is 0 Å². The van der Waals surface area contributed by atoms with E-state index in [0.717, 1.165) is 17.7 Å². The molecule has 1 aliphatic heterocycles. The first kappa shape index (κ1) is 14.9. The van der Waals surface area contributed by atoms with E-state index in [1.807, 2.05) is 6.92 Å². The Bertz CT molecular complexity index is 519. The molecule has 1 aliphatic rings. The van der Waals surface area contributed by atoms with Crippen molar-refractivity contribution in [1.29, 1.82) is 0 Å². The molecule has 7 heteroatoms. The third-order valence-corrected chi connectivity index (χ3v) is 5.92. The first-order chi connectivity index (χ1) is 8.97. The third kappa shape index (κ3) is 3.55. The molecule has 0 spiro atoms. The molecule has 0 amide bonds. The Morgan fingerprint density at radius 3 is 2.95 bits per heavy atom. The zero-order valence-electron chi connectivity index (χ0n) is 11.2. The van der Waals surface area contributed by atoms with Crippen molar-refractivity contribution in [2.45, 2.75) is 36.7 Å². The van der Waals surface area contributed by atoms with Gasteiger partial charge >= 0.3 is 0 Å². The van der Waals surface area contributed by atoms with Gasteiger partial charge in [-0.25, -0.2) is 13.1 Å². The van der Waals surface area contributed by atoms with Gasteiger partial charge in [0.05, 0.1) is 17.0 Å². The molecule has 0 aromatic carbocycles. The first-order valence-corrected chi connectivity index (χ1v) is 8.66. The number of hydrogen-bond donors (Lipinski definition) is 2. The van der Waals surface area contributed by atoms with Gasteiger partial charge in [0.25, 0.3) is 0 Å². The van der Waals surface area contributed by atoms with Gasteiger partial charge in [-0.1, -0.05) is 0 Å². The standard InChI is InChI=1S/C12H20N2O3S2/c1-12(5-3-6-17-9-12)14-19(15,16)11-4-7-18-10(11)8-13-2/h4,7,13-14H,3,5-6,8-9H2,1-2H3. The van der Waals surface area contributed by atoms with Gasteiger partial charge in [-0.3, -0.25) is 0 Å². The van der Waals surface area contributed by atoms with Crippen LogP contribution in [-0.2, 0) is 21.3 Å². The average Bonchev–Trinajstić information content (AvgIpc) is 2.78. The minimum absolute atomic E-state index is 0.374. The highest BCUT2D eigenvalue weighted by molar-refractivity contribution is 7.89. The number of ether oxygens (including phenoxy) is 1. The number of thiophene rings is 1. The van der Waals surface area contributed by atoms with Crippen molar-refractivity contribution in [3.63, 3.8) is 0 Å². The molecule has 1 unspecified atom stereocenters. The summed E-state index contributed by atoms with van der Waals surface area (Å²) in [5.41, 5.74) is -0.504. The van der Waals surface area contributed by atoms with Crippen LogP contribution in [0.25, 0.3) is 0 Å². The summed E-state index contributed by atoms with van der Waals surface area (Å²) in [5.74, 6) is 0. The molecule has 19 heavy (non-hydrogen) atoms. The molecule has 1 fully saturated rings. The Morgan fingerprint density at radius 2 is 2.32 bits per heavy atom. The second-order valence-corrected chi connectivity index (χ2v) is 7.71. The van der Waals surface area contributed by atoms with Crippen LogP contribution in [0.3, 0.4) is 0 Å².